The molecule has 1 aromatic carbocycles. The molecule has 29 heavy (non-hydrogen) atoms. The minimum absolute atomic E-state index is 0.0389. The van der Waals surface area contributed by atoms with Crippen molar-refractivity contribution in [2.45, 2.75) is 43.7 Å². The van der Waals surface area contributed by atoms with Gasteiger partial charge < -0.3 is 9.64 Å². The van der Waals surface area contributed by atoms with Crippen LogP contribution in [-0.4, -0.2) is 67.0 Å². The van der Waals surface area contributed by atoms with Crippen LogP contribution in [0.5, 0.6) is 0 Å². The van der Waals surface area contributed by atoms with Crippen molar-refractivity contribution < 1.29 is 17.9 Å². The number of aryl methyl sites for hydroxylation is 1. The minimum Gasteiger partial charge on any atom is -0.368 e. The average Bonchev–Trinajstić information content (AvgIpc) is 3.36. The second-order valence-corrected chi connectivity index (χ2v) is 10.3. The van der Waals surface area contributed by atoms with Crippen molar-refractivity contribution in [3.05, 3.63) is 27.9 Å². The van der Waals surface area contributed by atoms with Crippen LogP contribution < -0.4 is 4.87 Å². The van der Waals surface area contributed by atoms with E-state index < -0.39 is 10.0 Å². The number of amides is 1. The first-order chi connectivity index (χ1) is 13.9. The van der Waals surface area contributed by atoms with Gasteiger partial charge in [0.05, 0.1) is 15.1 Å². The van der Waals surface area contributed by atoms with Gasteiger partial charge in [-0.1, -0.05) is 18.3 Å². The van der Waals surface area contributed by atoms with Crippen LogP contribution in [-0.2, 0) is 26.1 Å². The predicted molar refractivity (Wildman–Crippen MR) is 111 cm³/mol. The number of thiazole rings is 1. The predicted octanol–water partition coefficient (Wildman–Crippen LogP) is 1.48. The van der Waals surface area contributed by atoms with Gasteiger partial charge in [0.2, 0.25) is 10.0 Å². The Morgan fingerprint density at radius 3 is 2.66 bits per heavy atom. The number of hydrogen-bond acceptors (Lipinski definition) is 6. The lowest BCUT2D eigenvalue weighted by atomic mass is 10.2. The number of aromatic nitrogens is 1. The summed E-state index contributed by atoms with van der Waals surface area (Å²) >= 11 is 1.07. The number of nitrogens with zero attached hydrogens (tertiary/aromatic N) is 3. The number of hydrogen-bond donors (Lipinski definition) is 0. The Bertz CT molecular complexity index is 1060. The van der Waals surface area contributed by atoms with Gasteiger partial charge in [0, 0.05) is 39.3 Å². The molecular weight excluding hydrogens is 414 g/mol. The van der Waals surface area contributed by atoms with Gasteiger partial charge in [-0.2, -0.15) is 4.31 Å². The number of piperazine rings is 1. The maximum Gasteiger partial charge on any atom is 0.308 e. The van der Waals surface area contributed by atoms with Gasteiger partial charge in [0.25, 0.3) is 5.91 Å². The van der Waals surface area contributed by atoms with Crippen LogP contribution in [0.15, 0.2) is 27.9 Å². The maximum absolute atomic E-state index is 13.1. The highest BCUT2D eigenvalue weighted by Gasteiger charge is 2.34. The van der Waals surface area contributed by atoms with E-state index in [4.69, 9.17) is 4.74 Å². The van der Waals surface area contributed by atoms with E-state index >= 15 is 0 Å². The van der Waals surface area contributed by atoms with Gasteiger partial charge in [-0.25, -0.2) is 8.42 Å². The molecule has 0 radical (unpaired) electrons. The molecule has 2 fully saturated rings. The lowest BCUT2D eigenvalue weighted by Crippen LogP contribution is -2.52. The summed E-state index contributed by atoms with van der Waals surface area (Å²) in [5.74, 6) is -0.0389. The van der Waals surface area contributed by atoms with E-state index in [9.17, 15) is 18.0 Å². The smallest absolute Gasteiger partial charge is 0.308 e. The Morgan fingerprint density at radius 2 is 2.00 bits per heavy atom. The number of sulfonamides is 1. The summed E-state index contributed by atoms with van der Waals surface area (Å²) < 4.78 is 35.4. The number of ether oxygens (including phenoxy) is 1. The van der Waals surface area contributed by atoms with Gasteiger partial charge >= 0.3 is 4.87 Å². The molecule has 158 valence electrons. The van der Waals surface area contributed by atoms with Gasteiger partial charge in [-0.15, -0.1) is 0 Å². The lowest BCUT2D eigenvalue weighted by Gasteiger charge is -2.35. The van der Waals surface area contributed by atoms with E-state index in [1.165, 1.54) is 4.31 Å². The minimum atomic E-state index is -3.68. The topological polar surface area (TPSA) is 88.9 Å². The zero-order valence-corrected chi connectivity index (χ0v) is 18.0. The summed E-state index contributed by atoms with van der Waals surface area (Å²) in [6.45, 7) is 4.46. The molecule has 4 rings (SSSR count). The first kappa shape index (κ1) is 20.5. The quantitative estimate of drug-likeness (QED) is 0.704. The Labute approximate surface area is 173 Å². The Hall–Kier alpha value is -1.75. The molecular formula is C19H25N3O5S2. The van der Waals surface area contributed by atoms with Crippen molar-refractivity contribution in [2.24, 2.45) is 0 Å². The van der Waals surface area contributed by atoms with Crippen LogP contribution >= 0.6 is 11.3 Å². The first-order valence-corrected chi connectivity index (χ1v) is 12.2. The molecule has 1 atom stereocenters. The zero-order valence-electron chi connectivity index (χ0n) is 16.4. The molecule has 0 N–H and O–H groups in total. The fourth-order valence-corrected chi connectivity index (χ4v) is 6.40. The van der Waals surface area contributed by atoms with Crippen molar-refractivity contribution in [3.8, 4) is 0 Å². The largest absolute Gasteiger partial charge is 0.368 e. The van der Waals surface area contributed by atoms with Crippen LogP contribution in [0.1, 0.15) is 26.2 Å². The maximum atomic E-state index is 13.1. The monoisotopic (exact) mass is 439 g/mol. The van der Waals surface area contributed by atoms with Crippen LogP contribution in [0.2, 0.25) is 0 Å². The summed E-state index contributed by atoms with van der Waals surface area (Å²) in [6.07, 6.45) is 2.08. The first-order valence-electron chi connectivity index (χ1n) is 9.95. The van der Waals surface area contributed by atoms with E-state index in [0.29, 0.717) is 30.9 Å². The van der Waals surface area contributed by atoms with Crippen LogP contribution in [0.4, 0.5) is 0 Å². The number of benzene rings is 1. The summed E-state index contributed by atoms with van der Waals surface area (Å²) in [5, 5.41) is 0. The SMILES string of the molecule is CCCn1c(=O)sc2cc(S(=O)(=O)N3CCN(C(=O)[C@@H]4CCCO4)CC3)ccc21. The van der Waals surface area contributed by atoms with Crippen LogP contribution in [0, 0.1) is 0 Å². The summed E-state index contributed by atoms with van der Waals surface area (Å²) in [7, 11) is -3.68. The molecule has 0 saturated carbocycles. The zero-order chi connectivity index (χ0) is 20.6. The van der Waals surface area contributed by atoms with Gasteiger partial charge in [0.15, 0.2) is 0 Å². The molecule has 2 saturated heterocycles. The van der Waals surface area contributed by atoms with E-state index in [-0.39, 0.29) is 34.9 Å². The second-order valence-electron chi connectivity index (χ2n) is 7.38. The van der Waals surface area contributed by atoms with E-state index in [1.807, 2.05) is 6.92 Å². The van der Waals surface area contributed by atoms with E-state index in [2.05, 4.69) is 0 Å². The third-order valence-corrected chi connectivity index (χ3v) is 8.32. The lowest BCUT2D eigenvalue weighted by molar-refractivity contribution is -0.142. The molecule has 0 bridgehead atoms. The number of rotatable bonds is 5. The van der Waals surface area contributed by atoms with Gasteiger partial charge in [-0.05, 0) is 37.5 Å². The van der Waals surface area contributed by atoms with Crippen LogP contribution in [0.25, 0.3) is 10.2 Å². The highest BCUT2D eigenvalue weighted by Crippen LogP contribution is 2.25. The van der Waals surface area contributed by atoms with Gasteiger partial charge in [0.1, 0.15) is 6.10 Å². The second kappa shape index (κ2) is 8.17. The Balaban J connectivity index is 1.50. The molecule has 1 amide bonds. The summed E-state index contributed by atoms with van der Waals surface area (Å²) in [5.41, 5.74) is 0.771. The molecule has 3 heterocycles. The van der Waals surface area contributed by atoms with Gasteiger partial charge in [-0.3, -0.25) is 14.2 Å². The molecule has 2 aromatic rings. The molecule has 0 spiro atoms. The Morgan fingerprint density at radius 1 is 1.24 bits per heavy atom. The third-order valence-electron chi connectivity index (χ3n) is 5.48. The van der Waals surface area contributed by atoms with Crippen molar-refractivity contribution >= 4 is 37.5 Å². The van der Waals surface area contributed by atoms with E-state index in [1.54, 1.807) is 27.7 Å². The van der Waals surface area contributed by atoms with Crippen molar-refractivity contribution in [2.75, 3.05) is 32.8 Å². The van der Waals surface area contributed by atoms with Crippen molar-refractivity contribution in [1.29, 1.82) is 0 Å². The third kappa shape index (κ3) is 3.86. The van der Waals surface area contributed by atoms with E-state index in [0.717, 1.165) is 36.1 Å². The van der Waals surface area contributed by atoms with Crippen LogP contribution in [0.3, 0.4) is 0 Å². The van der Waals surface area contributed by atoms with Crippen molar-refractivity contribution in [3.63, 3.8) is 0 Å². The summed E-state index contributed by atoms with van der Waals surface area (Å²) in [6, 6.07) is 4.87. The standard InChI is InChI=1S/C19H25N3O5S2/c1-2-7-22-15-6-5-14(13-17(15)28-19(22)24)29(25,26)21-10-8-20(9-11-21)18(23)16-4-3-12-27-16/h5-6,13,16H,2-4,7-12H2,1H3/t16-/m0/s1. The average molecular weight is 440 g/mol. The molecule has 2 aliphatic heterocycles. The van der Waals surface area contributed by atoms with Crippen molar-refractivity contribution in [1.82, 2.24) is 13.8 Å². The molecule has 10 heteroatoms. The Kier molecular flexibility index (Phi) is 5.78. The number of fused-ring (bicyclic) bond motifs is 1. The highest BCUT2D eigenvalue weighted by atomic mass is 32.2. The number of carbonyl (C=O) groups is 1. The normalized spacial score (nSPS) is 21.1. The highest BCUT2D eigenvalue weighted by molar-refractivity contribution is 7.89. The number of carbonyl (C=O) groups excluding carboxylic acids is 1. The molecule has 8 nitrogen and oxygen atoms in total. The fraction of sp³-hybridized carbons (Fsp3) is 0.579. The molecule has 0 aliphatic carbocycles. The molecule has 2 aliphatic rings. The fourth-order valence-electron chi connectivity index (χ4n) is 3.92. The molecule has 0 unspecified atom stereocenters. The molecule has 1 aromatic heterocycles. The summed E-state index contributed by atoms with van der Waals surface area (Å²) in [4.78, 5) is 26.5.